The maximum absolute atomic E-state index is 12.5. The van der Waals surface area contributed by atoms with Crippen LogP contribution in [-0.4, -0.2) is 26.2 Å². The van der Waals surface area contributed by atoms with Crippen LogP contribution in [0.4, 0.5) is 0 Å². The van der Waals surface area contributed by atoms with Crippen LogP contribution in [0.25, 0.3) is 11.0 Å². The molecule has 7 heteroatoms. The summed E-state index contributed by atoms with van der Waals surface area (Å²) in [5.41, 5.74) is 3.30. The second kappa shape index (κ2) is 6.74. The molecule has 0 spiro atoms. The largest absolute Gasteiger partial charge is 0.493 e. The fraction of sp³-hybridized carbons (Fsp3) is 0.316. The molecule has 0 fully saturated rings. The number of benzene rings is 2. The van der Waals surface area contributed by atoms with Gasteiger partial charge in [-0.2, -0.15) is 0 Å². The first-order valence-electron chi connectivity index (χ1n) is 8.58. The Kier molecular flexibility index (Phi) is 4.42. The van der Waals surface area contributed by atoms with Crippen LogP contribution in [0.5, 0.6) is 5.75 Å². The average Bonchev–Trinajstić information content (AvgIpc) is 3.21. The standard InChI is InChI=1S/C19H20N2O4S/c1-13(10-14-6-7-18-15(11-14)8-9-24-18)21-26(22,23)12-17-16-4-2-3-5-19(16)25-20-17/h2-7,11,13,21H,8-10,12H2,1H3. The van der Waals surface area contributed by atoms with Gasteiger partial charge in [-0.25, -0.2) is 13.1 Å². The van der Waals surface area contributed by atoms with Gasteiger partial charge in [0.15, 0.2) is 5.58 Å². The topological polar surface area (TPSA) is 81.4 Å². The van der Waals surface area contributed by atoms with Crippen LogP contribution in [0.15, 0.2) is 47.0 Å². The Labute approximate surface area is 152 Å². The van der Waals surface area contributed by atoms with E-state index in [1.165, 1.54) is 5.56 Å². The summed E-state index contributed by atoms with van der Waals surface area (Å²) in [4.78, 5) is 0. The van der Waals surface area contributed by atoms with E-state index in [2.05, 4.69) is 15.9 Å². The molecule has 2 aromatic carbocycles. The molecular formula is C19H20N2O4S. The van der Waals surface area contributed by atoms with E-state index in [9.17, 15) is 8.42 Å². The molecule has 0 bridgehead atoms. The second-order valence-corrected chi connectivity index (χ2v) is 8.40. The molecular weight excluding hydrogens is 352 g/mol. The number of sulfonamides is 1. The van der Waals surface area contributed by atoms with Gasteiger partial charge in [-0.05, 0) is 42.7 Å². The Morgan fingerprint density at radius 1 is 1.23 bits per heavy atom. The molecule has 6 nitrogen and oxygen atoms in total. The van der Waals surface area contributed by atoms with Gasteiger partial charge >= 0.3 is 0 Å². The first kappa shape index (κ1) is 17.1. The minimum Gasteiger partial charge on any atom is -0.493 e. The maximum atomic E-state index is 12.5. The van der Waals surface area contributed by atoms with Crippen molar-refractivity contribution in [3.8, 4) is 5.75 Å². The minimum atomic E-state index is -3.52. The summed E-state index contributed by atoms with van der Waals surface area (Å²) in [5, 5.41) is 4.63. The zero-order chi connectivity index (χ0) is 18.1. The number of para-hydroxylation sites is 1. The quantitative estimate of drug-likeness (QED) is 0.720. The number of hydrogen-bond donors (Lipinski definition) is 1. The summed E-state index contributed by atoms with van der Waals surface area (Å²) >= 11 is 0. The van der Waals surface area contributed by atoms with Gasteiger partial charge < -0.3 is 9.26 Å². The molecule has 136 valence electrons. The Morgan fingerprint density at radius 2 is 2.08 bits per heavy atom. The van der Waals surface area contributed by atoms with Gasteiger partial charge in [0.1, 0.15) is 17.2 Å². The van der Waals surface area contributed by atoms with Gasteiger partial charge in [-0.1, -0.05) is 29.4 Å². The highest BCUT2D eigenvalue weighted by Gasteiger charge is 2.20. The molecule has 26 heavy (non-hydrogen) atoms. The number of rotatable bonds is 6. The van der Waals surface area contributed by atoms with Gasteiger partial charge in [0, 0.05) is 17.8 Å². The number of hydrogen-bond acceptors (Lipinski definition) is 5. The van der Waals surface area contributed by atoms with Gasteiger partial charge in [0.05, 0.1) is 6.61 Å². The normalized spacial score (nSPS) is 15.0. The third-order valence-electron chi connectivity index (χ3n) is 4.46. The van der Waals surface area contributed by atoms with Crippen LogP contribution in [0.1, 0.15) is 23.7 Å². The fourth-order valence-corrected chi connectivity index (χ4v) is 4.68. The first-order chi connectivity index (χ1) is 12.5. The summed E-state index contributed by atoms with van der Waals surface area (Å²) in [5.74, 6) is 0.728. The van der Waals surface area contributed by atoms with Crippen molar-refractivity contribution in [3.63, 3.8) is 0 Å². The average molecular weight is 372 g/mol. The lowest BCUT2D eigenvalue weighted by molar-refractivity contribution is 0.357. The van der Waals surface area contributed by atoms with Crippen LogP contribution in [0.3, 0.4) is 0 Å². The van der Waals surface area contributed by atoms with Crippen molar-refractivity contribution in [1.82, 2.24) is 9.88 Å². The summed E-state index contributed by atoms with van der Waals surface area (Å²) in [7, 11) is -3.52. The Bertz CT molecular complexity index is 1040. The Balaban J connectivity index is 1.43. The van der Waals surface area contributed by atoms with E-state index in [4.69, 9.17) is 9.26 Å². The molecule has 0 radical (unpaired) electrons. The van der Waals surface area contributed by atoms with Crippen molar-refractivity contribution in [2.24, 2.45) is 0 Å². The monoisotopic (exact) mass is 372 g/mol. The zero-order valence-corrected chi connectivity index (χ0v) is 15.3. The lowest BCUT2D eigenvalue weighted by atomic mass is 10.0. The number of aromatic nitrogens is 1. The predicted octanol–water partition coefficient (Wildman–Crippen LogP) is 2.81. The molecule has 1 atom stereocenters. The van der Waals surface area contributed by atoms with Crippen molar-refractivity contribution in [2.75, 3.05) is 6.61 Å². The Morgan fingerprint density at radius 3 is 2.96 bits per heavy atom. The van der Waals surface area contributed by atoms with Crippen molar-refractivity contribution >= 4 is 21.0 Å². The molecule has 0 saturated carbocycles. The van der Waals surface area contributed by atoms with Gasteiger partial charge in [0.2, 0.25) is 10.0 Å². The summed E-state index contributed by atoms with van der Waals surface area (Å²) in [6, 6.07) is 13.1. The molecule has 0 aliphatic carbocycles. The third-order valence-corrected chi connectivity index (χ3v) is 5.87. The van der Waals surface area contributed by atoms with Crippen LogP contribution in [-0.2, 0) is 28.6 Å². The maximum Gasteiger partial charge on any atom is 0.217 e. The highest BCUT2D eigenvalue weighted by Crippen LogP contribution is 2.26. The van der Waals surface area contributed by atoms with Crippen molar-refractivity contribution in [2.45, 2.75) is 31.6 Å². The van der Waals surface area contributed by atoms with Crippen molar-refractivity contribution < 1.29 is 17.7 Å². The van der Waals surface area contributed by atoms with Crippen molar-refractivity contribution in [1.29, 1.82) is 0 Å². The van der Waals surface area contributed by atoms with E-state index in [0.717, 1.165) is 23.1 Å². The van der Waals surface area contributed by atoms with E-state index in [0.29, 0.717) is 24.3 Å². The van der Waals surface area contributed by atoms with Crippen molar-refractivity contribution in [3.05, 3.63) is 59.3 Å². The molecule has 1 aliphatic rings. The lowest BCUT2D eigenvalue weighted by Gasteiger charge is -2.14. The van der Waals surface area contributed by atoms with Crippen LogP contribution < -0.4 is 9.46 Å². The number of nitrogens with one attached hydrogen (secondary N) is 1. The smallest absolute Gasteiger partial charge is 0.217 e. The van der Waals surface area contributed by atoms with E-state index >= 15 is 0 Å². The molecule has 1 N–H and O–H groups in total. The molecule has 0 amide bonds. The fourth-order valence-electron chi connectivity index (χ4n) is 3.33. The molecule has 2 heterocycles. The molecule has 4 rings (SSSR count). The molecule has 1 aliphatic heterocycles. The minimum absolute atomic E-state index is 0.202. The number of nitrogens with zero attached hydrogens (tertiary/aromatic N) is 1. The van der Waals surface area contributed by atoms with Crippen LogP contribution in [0, 0.1) is 0 Å². The third kappa shape index (κ3) is 3.59. The second-order valence-electron chi connectivity index (χ2n) is 6.65. The van der Waals surface area contributed by atoms with Crippen LogP contribution in [0.2, 0.25) is 0 Å². The van der Waals surface area contributed by atoms with E-state index < -0.39 is 10.0 Å². The zero-order valence-electron chi connectivity index (χ0n) is 14.4. The SMILES string of the molecule is CC(Cc1ccc2c(c1)CCO2)NS(=O)(=O)Cc1noc2ccccc12. The number of fused-ring (bicyclic) bond motifs is 2. The molecule has 0 saturated heterocycles. The molecule has 1 unspecified atom stereocenters. The molecule has 1 aromatic heterocycles. The van der Waals surface area contributed by atoms with E-state index in [1.54, 1.807) is 6.07 Å². The van der Waals surface area contributed by atoms with E-state index in [1.807, 2.05) is 37.3 Å². The highest BCUT2D eigenvalue weighted by molar-refractivity contribution is 7.88. The summed E-state index contributed by atoms with van der Waals surface area (Å²) in [6.07, 6.45) is 1.52. The van der Waals surface area contributed by atoms with Gasteiger partial charge in [-0.3, -0.25) is 0 Å². The Hall–Kier alpha value is -2.38. The highest BCUT2D eigenvalue weighted by atomic mass is 32.2. The van der Waals surface area contributed by atoms with Crippen LogP contribution >= 0.6 is 0 Å². The summed E-state index contributed by atoms with van der Waals surface area (Å²) in [6.45, 7) is 2.58. The lowest BCUT2D eigenvalue weighted by Crippen LogP contribution is -2.35. The molecule has 3 aromatic rings. The number of ether oxygens (including phenoxy) is 1. The van der Waals surface area contributed by atoms with E-state index in [-0.39, 0.29) is 11.8 Å². The van der Waals surface area contributed by atoms with Gasteiger partial charge in [0.25, 0.3) is 0 Å². The van der Waals surface area contributed by atoms with Gasteiger partial charge in [-0.15, -0.1) is 0 Å². The summed E-state index contributed by atoms with van der Waals surface area (Å²) < 4.78 is 38.5. The first-order valence-corrected chi connectivity index (χ1v) is 10.2. The predicted molar refractivity (Wildman–Crippen MR) is 98.6 cm³/mol.